The predicted octanol–water partition coefficient (Wildman–Crippen LogP) is 3.45. The molecule has 6 nitrogen and oxygen atoms in total. The second kappa shape index (κ2) is 9.65. The molecule has 0 radical (unpaired) electrons. The SMILES string of the molecule is CSc1ccc([C@H](C)NC(=O)COc2ccc(S(=O)(=O)N3CCCC3)cc2)cc1. The van der Waals surface area contributed by atoms with Gasteiger partial charge in [-0.3, -0.25) is 4.79 Å². The number of hydrogen-bond donors (Lipinski definition) is 1. The molecule has 1 saturated heterocycles. The summed E-state index contributed by atoms with van der Waals surface area (Å²) < 4.78 is 32.1. The van der Waals surface area contributed by atoms with Gasteiger partial charge in [0.2, 0.25) is 10.0 Å². The van der Waals surface area contributed by atoms with Crippen LogP contribution in [0.3, 0.4) is 0 Å². The Morgan fingerprint density at radius 3 is 2.31 bits per heavy atom. The predicted molar refractivity (Wildman–Crippen MR) is 115 cm³/mol. The highest BCUT2D eigenvalue weighted by molar-refractivity contribution is 7.98. The number of benzene rings is 2. The van der Waals surface area contributed by atoms with Crippen LogP contribution < -0.4 is 10.1 Å². The van der Waals surface area contributed by atoms with Gasteiger partial charge in [0.1, 0.15) is 5.75 Å². The number of carbonyl (C=O) groups is 1. The molecule has 1 aliphatic heterocycles. The van der Waals surface area contributed by atoms with Gasteiger partial charge in [0, 0.05) is 18.0 Å². The van der Waals surface area contributed by atoms with E-state index in [2.05, 4.69) is 5.32 Å². The number of hydrogen-bond acceptors (Lipinski definition) is 5. The molecule has 1 aliphatic rings. The van der Waals surface area contributed by atoms with E-state index in [1.165, 1.54) is 21.3 Å². The van der Waals surface area contributed by atoms with Gasteiger partial charge in [-0.2, -0.15) is 4.31 Å². The van der Waals surface area contributed by atoms with Crippen LogP contribution in [0.4, 0.5) is 0 Å². The zero-order valence-corrected chi connectivity index (χ0v) is 18.3. The highest BCUT2D eigenvalue weighted by atomic mass is 32.2. The zero-order chi connectivity index (χ0) is 20.9. The van der Waals surface area contributed by atoms with Gasteiger partial charge in [0.15, 0.2) is 6.61 Å². The Labute approximate surface area is 176 Å². The van der Waals surface area contributed by atoms with Crippen molar-refractivity contribution in [3.05, 3.63) is 54.1 Å². The van der Waals surface area contributed by atoms with Crippen molar-refractivity contribution in [2.45, 2.75) is 35.6 Å². The molecule has 1 N–H and O–H groups in total. The lowest BCUT2D eigenvalue weighted by Gasteiger charge is -2.16. The first-order chi connectivity index (χ1) is 13.9. The smallest absolute Gasteiger partial charge is 0.258 e. The van der Waals surface area contributed by atoms with Crippen LogP contribution in [0.1, 0.15) is 31.4 Å². The molecule has 1 heterocycles. The normalized spacial score (nSPS) is 15.8. The lowest BCUT2D eigenvalue weighted by molar-refractivity contribution is -0.123. The quantitative estimate of drug-likeness (QED) is 0.644. The zero-order valence-electron chi connectivity index (χ0n) is 16.6. The first-order valence-electron chi connectivity index (χ1n) is 9.56. The minimum absolute atomic E-state index is 0.130. The van der Waals surface area contributed by atoms with E-state index in [0.29, 0.717) is 18.8 Å². The van der Waals surface area contributed by atoms with E-state index in [0.717, 1.165) is 18.4 Å². The van der Waals surface area contributed by atoms with Crippen LogP contribution in [0.2, 0.25) is 0 Å². The lowest BCUT2D eigenvalue weighted by Crippen LogP contribution is -2.31. The van der Waals surface area contributed by atoms with Crippen molar-refractivity contribution in [1.29, 1.82) is 0 Å². The fraction of sp³-hybridized carbons (Fsp3) is 0.381. The minimum Gasteiger partial charge on any atom is -0.484 e. The Bertz CT molecular complexity index is 922. The number of thioether (sulfide) groups is 1. The van der Waals surface area contributed by atoms with E-state index < -0.39 is 10.0 Å². The average Bonchev–Trinajstić information content (AvgIpc) is 3.28. The van der Waals surface area contributed by atoms with Gasteiger partial charge < -0.3 is 10.1 Å². The van der Waals surface area contributed by atoms with Crippen molar-refractivity contribution in [2.24, 2.45) is 0 Å². The molecule has 1 fully saturated rings. The number of carbonyl (C=O) groups excluding carboxylic acids is 1. The van der Waals surface area contributed by atoms with Crippen molar-refractivity contribution in [1.82, 2.24) is 9.62 Å². The van der Waals surface area contributed by atoms with Gasteiger partial charge in [0.05, 0.1) is 10.9 Å². The molecule has 0 unspecified atom stereocenters. The van der Waals surface area contributed by atoms with Gasteiger partial charge in [-0.1, -0.05) is 12.1 Å². The van der Waals surface area contributed by atoms with Gasteiger partial charge >= 0.3 is 0 Å². The number of nitrogens with one attached hydrogen (secondary N) is 1. The maximum Gasteiger partial charge on any atom is 0.258 e. The molecule has 2 aromatic carbocycles. The van der Waals surface area contributed by atoms with Crippen molar-refractivity contribution in [3.8, 4) is 5.75 Å². The molecule has 8 heteroatoms. The third-order valence-corrected chi connectivity index (χ3v) is 7.55. The Kier molecular flexibility index (Phi) is 7.21. The molecule has 2 aromatic rings. The number of amides is 1. The van der Waals surface area contributed by atoms with Crippen LogP contribution in [-0.2, 0) is 14.8 Å². The molecule has 0 aromatic heterocycles. The molecule has 0 aliphatic carbocycles. The van der Waals surface area contributed by atoms with E-state index >= 15 is 0 Å². The summed E-state index contributed by atoms with van der Waals surface area (Å²) in [5, 5.41) is 2.90. The third-order valence-electron chi connectivity index (χ3n) is 4.89. The van der Waals surface area contributed by atoms with E-state index in [4.69, 9.17) is 4.74 Å². The van der Waals surface area contributed by atoms with Gasteiger partial charge in [-0.15, -0.1) is 11.8 Å². The molecular weight excluding hydrogens is 408 g/mol. The average molecular weight is 435 g/mol. The van der Waals surface area contributed by atoms with Gasteiger partial charge in [-0.05, 0) is 68.0 Å². The van der Waals surface area contributed by atoms with Gasteiger partial charge in [0.25, 0.3) is 5.91 Å². The Hall–Kier alpha value is -2.03. The maximum absolute atomic E-state index is 12.5. The van der Waals surface area contributed by atoms with Crippen LogP contribution in [0, 0.1) is 0 Å². The maximum atomic E-state index is 12.5. The summed E-state index contributed by atoms with van der Waals surface area (Å²) in [6.07, 6.45) is 3.82. The summed E-state index contributed by atoms with van der Waals surface area (Å²) >= 11 is 1.67. The number of rotatable bonds is 8. The van der Waals surface area contributed by atoms with E-state index in [-0.39, 0.29) is 23.5 Å². The first-order valence-corrected chi connectivity index (χ1v) is 12.2. The molecule has 1 amide bonds. The molecule has 3 rings (SSSR count). The second-order valence-electron chi connectivity index (χ2n) is 6.93. The molecule has 1 atom stereocenters. The summed E-state index contributed by atoms with van der Waals surface area (Å²) in [4.78, 5) is 13.6. The summed E-state index contributed by atoms with van der Waals surface area (Å²) in [5.74, 6) is 0.220. The Morgan fingerprint density at radius 1 is 1.10 bits per heavy atom. The Balaban J connectivity index is 1.52. The highest BCUT2D eigenvalue weighted by Gasteiger charge is 2.26. The van der Waals surface area contributed by atoms with Crippen LogP contribution in [0.5, 0.6) is 5.75 Å². The van der Waals surface area contributed by atoms with Crippen LogP contribution in [0.15, 0.2) is 58.3 Å². The lowest BCUT2D eigenvalue weighted by atomic mass is 10.1. The van der Waals surface area contributed by atoms with Crippen LogP contribution in [0.25, 0.3) is 0 Å². The molecule has 29 heavy (non-hydrogen) atoms. The number of ether oxygens (including phenoxy) is 1. The summed E-state index contributed by atoms with van der Waals surface area (Å²) in [5.41, 5.74) is 1.02. The number of nitrogens with zero attached hydrogens (tertiary/aromatic N) is 1. The summed E-state index contributed by atoms with van der Waals surface area (Å²) in [6.45, 7) is 2.92. The summed E-state index contributed by atoms with van der Waals surface area (Å²) in [7, 11) is -3.44. The van der Waals surface area contributed by atoms with E-state index in [9.17, 15) is 13.2 Å². The summed E-state index contributed by atoms with van der Waals surface area (Å²) in [6, 6.07) is 14.1. The van der Waals surface area contributed by atoms with Gasteiger partial charge in [-0.25, -0.2) is 8.42 Å². The van der Waals surface area contributed by atoms with Crippen molar-refractivity contribution < 1.29 is 17.9 Å². The van der Waals surface area contributed by atoms with E-state index in [1.807, 2.05) is 37.4 Å². The second-order valence-corrected chi connectivity index (χ2v) is 9.75. The van der Waals surface area contributed by atoms with E-state index in [1.54, 1.807) is 23.9 Å². The fourth-order valence-electron chi connectivity index (χ4n) is 3.19. The molecule has 156 valence electrons. The fourth-order valence-corrected chi connectivity index (χ4v) is 5.12. The Morgan fingerprint density at radius 2 is 1.72 bits per heavy atom. The topological polar surface area (TPSA) is 75.7 Å². The standard InChI is InChI=1S/C21H26N2O4S2/c1-16(17-5-9-19(28-2)10-6-17)22-21(24)15-27-18-7-11-20(12-8-18)29(25,26)23-13-3-4-14-23/h5-12,16H,3-4,13-15H2,1-2H3,(H,22,24)/t16-/m0/s1. The largest absolute Gasteiger partial charge is 0.484 e. The monoisotopic (exact) mass is 434 g/mol. The van der Waals surface area contributed by atoms with Crippen LogP contribution in [-0.4, -0.2) is 44.6 Å². The minimum atomic E-state index is -3.44. The van der Waals surface area contributed by atoms with Crippen LogP contribution >= 0.6 is 11.8 Å². The molecule has 0 spiro atoms. The number of sulfonamides is 1. The van der Waals surface area contributed by atoms with Crippen molar-refractivity contribution in [3.63, 3.8) is 0 Å². The molecular formula is C21H26N2O4S2. The molecule has 0 saturated carbocycles. The molecule has 0 bridgehead atoms. The van der Waals surface area contributed by atoms with Crippen molar-refractivity contribution >= 4 is 27.7 Å². The van der Waals surface area contributed by atoms with Crippen molar-refractivity contribution in [2.75, 3.05) is 26.0 Å². The third kappa shape index (κ3) is 5.52. The highest BCUT2D eigenvalue weighted by Crippen LogP contribution is 2.23. The first kappa shape index (κ1) is 21.7.